The number of rotatable bonds is 6. The van der Waals surface area contributed by atoms with Crippen molar-refractivity contribution in [3.05, 3.63) is 59.3 Å². The van der Waals surface area contributed by atoms with Crippen molar-refractivity contribution in [2.75, 3.05) is 33.8 Å². The van der Waals surface area contributed by atoms with Crippen molar-refractivity contribution < 1.29 is 19.4 Å². The number of hydrogen-bond donors (Lipinski definition) is 2. The van der Waals surface area contributed by atoms with Crippen LogP contribution in [-0.4, -0.2) is 76.1 Å². The van der Waals surface area contributed by atoms with Crippen molar-refractivity contribution in [1.29, 1.82) is 0 Å². The van der Waals surface area contributed by atoms with Crippen molar-refractivity contribution in [1.82, 2.24) is 19.7 Å². The Labute approximate surface area is 204 Å². The van der Waals surface area contributed by atoms with Crippen LogP contribution in [0, 0.1) is 12.3 Å². The number of imide groups is 1. The summed E-state index contributed by atoms with van der Waals surface area (Å²) in [6.45, 7) is 2.99. The number of methoxy groups -OCH3 is 1. The van der Waals surface area contributed by atoms with Crippen molar-refractivity contribution in [3.63, 3.8) is 0 Å². The monoisotopic (exact) mass is 472 g/mol. The summed E-state index contributed by atoms with van der Waals surface area (Å²) in [4.78, 5) is 36.0. The molecule has 2 atom stereocenters. The molecule has 1 aromatic heterocycles. The number of fused-ring (bicyclic) bond motifs is 4. The SMILES string of the molecule is C#CCN(C)CCN1C(=O)N2[C@H](c3cccc(O)c3)c3[nH]c4ccc(OC)cc4c3C[C@@]2(C)C1=O. The van der Waals surface area contributed by atoms with E-state index in [1.807, 2.05) is 43.1 Å². The zero-order valence-electron chi connectivity index (χ0n) is 20.0. The van der Waals surface area contributed by atoms with Crippen LogP contribution in [0.4, 0.5) is 4.79 Å². The first-order valence-electron chi connectivity index (χ1n) is 11.5. The standard InChI is InChI=1S/C27H28N4O4/c1-5-11-29(3)12-13-30-25(33)27(2)16-21-20-15-19(35-4)9-10-22(20)28-23(21)24(31(27)26(30)34)17-7-6-8-18(32)14-17/h1,6-10,14-15,24,28,32H,11-13,16H2,2-4H3/t24-,27+/m1/s1. The molecule has 1 fully saturated rings. The van der Waals surface area contributed by atoms with E-state index in [4.69, 9.17) is 11.2 Å². The van der Waals surface area contributed by atoms with E-state index in [1.165, 1.54) is 4.90 Å². The molecule has 1 saturated heterocycles. The maximum atomic E-state index is 13.8. The number of carbonyl (C=O) groups excluding carboxylic acids is 2. The van der Waals surface area contributed by atoms with Crippen LogP contribution in [0.15, 0.2) is 42.5 Å². The molecule has 0 aliphatic carbocycles. The number of nitrogens with one attached hydrogen (secondary N) is 1. The number of aromatic nitrogens is 1. The van der Waals surface area contributed by atoms with E-state index in [9.17, 15) is 14.7 Å². The number of aromatic hydroxyl groups is 1. The van der Waals surface area contributed by atoms with Gasteiger partial charge in [0.15, 0.2) is 0 Å². The number of aromatic amines is 1. The van der Waals surface area contributed by atoms with Gasteiger partial charge in [0.1, 0.15) is 23.1 Å². The molecule has 5 rings (SSSR count). The van der Waals surface area contributed by atoms with E-state index in [0.717, 1.165) is 27.7 Å². The van der Waals surface area contributed by atoms with Gasteiger partial charge >= 0.3 is 6.03 Å². The first-order valence-corrected chi connectivity index (χ1v) is 11.5. The van der Waals surface area contributed by atoms with E-state index in [2.05, 4.69) is 10.9 Å². The molecule has 0 radical (unpaired) electrons. The largest absolute Gasteiger partial charge is 0.508 e. The zero-order valence-corrected chi connectivity index (χ0v) is 20.0. The summed E-state index contributed by atoms with van der Waals surface area (Å²) in [6.07, 6.45) is 5.77. The van der Waals surface area contributed by atoms with Crippen LogP contribution in [0.3, 0.4) is 0 Å². The van der Waals surface area contributed by atoms with Crippen LogP contribution < -0.4 is 4.74 Å². The van der Waals surface area contributed by atoms with E-state index >= 15 is 0 Å². The minimum Gasteiger partial charge on any atom is -0.508 e. The molecule has 3 heterocycles. The van der Waals surface area contributed by atoms with Gasteiger partial charge in [-0.25, -0.2) is 4.79 Å². The molecule has 2 aliphatic rings. The Morgan fingerprint density at radius 2 is 2.09 bits per heavy atom. The summed E-state index contributed by atoms with van der Waals surface area (Å²) in [5.41, 5.74) is 2.35. The number of hydrogen-bond acceptors (Lipinski definition) is 5. The van der Waals surface area contributed by atoms with Gasteiger partial charge in [-0.15, -0.1) is 6.42 Å². The van der Waals surface area contributed by atoms with Gasteiger partial charge < -0.3 is 14.8 Å². The highest BCUT2D eigenvalue weighted by Gasteiger charge is 2.60. The predicted octanol–water partition coefficient (Wildman–Crippen LogP) is 3.12. The average Bonchev–Trinajstić information content (AvgIpc) is 3.28. The van der Waals surface area contributed by atoms with Gasteiger partial charge in [-0.1, -0.05) is 18.1 Å². The third-order valence-corrected chi connectivity index (χ3v) is 7.13. The maximum absolute atomic E-state index is 13.8. The number of phenols is 1. The van der Waals surface area contributed by atoms with Gasteiger partial charge in [-0.2, -0.15) is 0 Å². The van der Waals surface area contributed by atoms with Gasteiger partial charge in [-0.3, -0.25) is 19.5 Å². The van der Waals surface area contributed by atoms with E-state index in [-0.39, 0.29) is 24.2 Å². The van der Waals surface area contributed by atoms with Crippen LogP contribution in [-0.2, 0) is 11.2 Å². The Bertz CT molecular complexity index is 1370. The summed E-state index contributed by atoms with van der Waals surface area (Å²) in [6, 6.07) is 11.7. The fourth-order valence-corrected chi connectivity index (χ4v) is 5.36. The Morgan fingerprint density at radius 3 is 2.80 bits per heavy atom. The number of ether oxygens (including phenoxy) is 1. The normalized spacial score (nSPS) is 21.4. The Balaban J connectivity index is 1.65. The first-order chi connectivity index (χ1) is 16.8. The molecule has 3 amide bonds. The molecule has 2 aromatic carbocycles. The fourth-order valence-electron chi connectivity index (χ4n) is 5.36. The number of amides is 3. The highest BCUT2D eigenvalue weighted by atomic mass is 16.5. The highest BCUT2D eigenvalue weighted by Crippen LogP contribution is 2.49. The second-order valence-corrected chi connectivity index (χ2v) is 9.43. The summed E-state index contributed by atoms with van der Waals surface area (Å²) >= 11 is 0. The summed E-state index contributed by atoms with van der Waals surface area (Å²) in [5.74, 6) is 3.16. The van der Waals surface area contributed by atoms with Crippen molar-refractivity contribution in [2.45, 2.75) is 24.9 Å². The molecular formula is C27H28N4O4. The van der Waals surface area contributed by atoms with Gasteiger partial charge in [0.25, 0.3) is 5.91 Å². The highest BCUT2D eigenvalue weighted by molar-refractivity contribution is 6.08. The number of phenolic OH excluding ortho intramolecular Hbond substituents is 1. The van der Waals surface area contributed by atoms with Gasteiger partial charge in [0, 0.05) is 36.1 Å². The molecule has 3 aromatic rings. The minimum atomic E-state index is -1.08. The number of H-pyrrole nitrogens is 1. The minimum absolute atomic E-state index is 0.0971. The van der Waals surface area contributed by atoms with Gasteiger partial charge in [0.2, 0.25) is 0 Å². The Hall–Kier alpha value is -3.96. The number of benzene rings is 2. The average molecular weight is 473 g/mol. The number of carbonyl (C=O) groups is 2. The molecule has 0 unspecified atom stereocenters. The Kier molecular flexibility index (Phi) is 5.45. The second-order valence-electron chi connectivity index (χ2n) is 9.43. The quantitative estimate of drug-likeness (QED) is 0.425. The lowest BCUT2D eigenvalue weighted by Gasteiger charge is -2.42. The first kappa shape index (κ1) is 22.8. The summed E-state index contributed by atoms with van der Waals surface area (Å²) in [7, 11) is 3.48. The molecule has 8 nitrogen and oxygen atoms in total. The summed E-state index contributed by atoms with van der Waals surface area (Å²) < 4.78 is 5.45. The third kappa shape index (κ3) is 3.51. The fraction of sp³-hybridized carbons (Fsp3) is 0.333. The molecule has 0 spiro atoms. The lowest BCUT2D eigenvalue weighted by molar-refractivity contribution is -0.133. The van der Waals surface area contributed by atoms with Crippen LogP contribution in [0.1, 0.15) is 29.8 Å². The molecule has 2 aliphatic heterocycles. The number of likely N-dealkylation sites (N-methyl/N-ethyl adjacent to an activating group) is 1. The van der Waals surface area contributed by atoms with Crippen LogP contribution in [0.2, 0.25) is 0 Å². The van der Waals surface area contributed by atoms with Crippen LogP contribution >= 0.6 is 0 Å². The third-order valence-electron chi connectivity index (χ3n) is 7.13. The van der Waals surface area contributed by atoms with E-state index in [0.29, 0.717) is 25.3 Å². The van der Waals surface area contributed by atoms with Crippen LogP contribution in [0.5, 0.6) is 11.5 Å². The molecule has 0 bridgehead atoms. The maximum Gasteiger partial charge on any atom is 0.328 e. The van der Waals surface area contributed by atoms with Gasteiger partial charge in [-0.05, 0) is 55.4 Å². The van der Waals surface area contributed by atoms with Crippen molar-refractivity contribution >= 4 is 22.8 Å². The number of urea groups is 1. The summed E-state index contributed by atoms with van der Waals surface area (Å²) in [5, 5.41) is 11.2. The smallest absolute Gasteiger partial charge is 0.328 e. The number of terminal acetylenes is 1. The second kappa shape index (κ2) is 8.36. The lowest BCUT2D eigenvalue weighted by Crippen LogP contribution is -2.53. The molecule has 180 valence electrons. The molecular weight excluding hydrogens is 444 g/mol. The van der Waals surface area contributed by atoms with Gasteiger partial charge in [0.05, 0.1) is 13.7 Å². The molecule has 0 saturated carbocycles. The molecule has 2 N–H and O–H groups in total. The topological polar surface area (TPSA) is 89.1 Å². The lowest BCUT2D eigenvalue weighted by atomic mass is 9.81. The molecule has 8 heteroatoms. The number of nitrogens with zero attached hydrogens (tertiary/aromatic N) is 3. The zero-order chi connectivity index (χ0) is 24.9. The van der Waals surface area contributed by atoms with E-state index in [1.54, 1.807) is 30.2 Å². The Morgan fingerprint density at radius 1 is 1.29 bits per heavy atom. The van der Waals surface area contributed by atoms with E-state index < -0.39 is 11.6 Å². The predicted molar refractivity (Wildman–Crippen MR) is 132 cm³/mol. The van der Waals surface area contributed by atoms with Crippen LogP contribution in [0.25, 0.3) is 10.9 Å². The van der Waals surface area contributed by atoms with Crippen molar-refractivity contribution in [2.24, 2.45) is 0 Å². The van der Waals surface area contributed by atoms with Crippen molar-refractivity contribution in [3.8, 4) is 23.8 Å². The molecule has 35 heavy (non-hydrogen) atoms.